The first-order chi connectivity index (χ1) is 8.88. The molecule has 1 aromatic heterocycles. The molecule has 5 nitrogen and oxygen atoms in total. The van der Waals surface area contributed by atoms with E-state index in [0.29, 0.717) is 6.42 Å². The Kier molecular flexibility index (Phi) is 4.27. The zero-order chi connectivity index (χ0) is 14.0. The highest BCUT2D eigenvalue weighted by Gasteiger charge is 2.42. The molecular weight excluding hydrogens is 286 g/mol. The van der Waals surface area contributed by atoms with Crippen LogP contribution in [0.5, 0.6) is 0 Å². The van der Waals surface area contributed by atoms with E-state index in [9.17, 15) is 13.2 Å². The van der Waals surface area contributed by atoms with Gasteiger partial charge >= 0.3 is 5.97 Å². The van der Waals surface area contributed by atoms with Crippen LogP contribution in [0.15, 0.2) is 17.5 Å². The molecule has 1 aliphatic rings. The van der Waals surface area contributed by atoms with Gasteiger partial charge in [0.05, 0.1) is 11.2 Å². The molecule has 19 heavy (non-hydrogen) atoms. The molecule has 1 fully saturated rings. The predicted octanol–water partition coefficient (Wildman–Crippen LogP) is 1.46. The van der Waals surface area contributed by atoms with Crippen molar-refractivity contribution >= 4 is 27.3 Å². The molecule has 106 valence electrons. The molecule has 1 heterocycles. The Hall–Kier alpha value is -0.920. The second-order valence-electron chi connectivity index (χ2n) is 4.98. The van der Waals surface area contributed by atoms with E-state index in [1.54, 1.807) is 11.3 Å². The highest BCUT2D eigenvalue weighted by atomic mass is 32.2. The Labute approximate surface area is 116 Å². The Bertz CT molecular complexity index is 532. The van der Waals surface area contributed by atoms with Crippen molar-refractivity contribution in [3.8, 4) is 0 Å². The fourth-order valence-corrected chi connectivity index (χ4v) is 4.81. The molecule has 0 spiro atoms. The summed E-state index contributed by atoms with van der Waals surface area (Å²) >= 11 is 1.60. The molecule has 0 amide bonds. The van der Waals surface area contributed by atoms with Gasteiger partial charge in [-0.1, -0.05) is 6.07 Å². The maximum Gasteiger partial charge on any atom is 0.306 e. The lowest BCUT2D eigenvalue weighted by atomic mass is 9.85. The number of hydrogen-bond acceptors (Lipinski definition) is 4. The summed E-state index contributed by atoms with van der Waals surface area (Å²) in [6.45, 7) is 1.82. The summed E-state index contributed by atoms with van der Waals surface area (Å²) in [6.07, 6.45) is 1.10. The first kappa shape index (κ1) is 14.5. The van der Waals surface area contributed by atoms with Gasteiger partial charge in [0, 0.05) is 10.9 Å². The predicted molar refractivity (Wildman–Crippen MR) is 73.7 cm³/mol. The van der Waals surface area contributed by atoms with E-state index >= 15 is 0 Å². The van der Waals surface area contributed by atoms with Gasteiger partial charge < -0.3 is 5.11 Å². The van der Waals surface area contributed by atoms with E-state index in [1.165, 1.54) is 0 Å². The summed E-state index contributed by atoms with van der Waals surface area (Å²) in [5.74, 6) is -1.41. The maximum atomic E-state index is 12.0. The van der Waals surface area contributed by atoms with Gasteiger partial charge in [-0.2, -0.15) is 0 Å². The van der Waals surface area contributed by atoms with Gasteiger partial charge in [-0.15, -0.1) is 11.3 Å². The third kappa shape index (κ3) is 3.55. The summed E-state index contributed by atoms with van der Waals surface area (Å²) in [6, 6.07) is 3.73. The quantitative estimate of drug-likeness (QED) is 0.833. The van der Waals surface area contributed by atoms with E-state index in [0.717, 1.165) is 4.88 Å². The number of thiophene rings is 1. The Balaban J connectivity index is 1.86. The third-order valence-corrected chi connectivity index (χ3v) is 6.23. The van der Waals surface area contributed by atoms with Gasteiger partial charge in [-0.3, -0.25) is 4.79 Å². The number of rotatable bonds is 6. The van der Waals surface area contributed by atoms with Crippen molar-refractivity contribution in [1.29, 1.82) is 0 Å². The van der Waals surface area contributed by atoms with Crippen molar-refractivity contribution < 1.29 is 18.3 Å². The minimum absolute atomic E-state index is 0.174. The first-order valence-corrected chi connectivity index (χ1v) is 8.57. The zero-order valence-electron chi connectivity index (χ0n) is 10.6. The largest absolute Gasteiger partial charge is 0.481 e. The van der Waals surface area contributed by atoms with Crippen LogP contribution in [0.25, 0.3) is 0 Å². The Morgan fingerprint density at radius 1 is 1.58 bits per heavy atom. The molecule has 1 atom stereocenters. The Morgan fingerprint density at radius 3 is 2.79 bits per heavy atom. The van der Waals surface area contributed by atoms with Crippen LogP contribution in [0, 0.1) is 5.92 Å². The van der Waals surface area contributed by atoms with Crippen molar-refractivity contribution in [2.75, 3.05) is 0 Å². The van der Waals surface area contributed by atoms with Crippen LogP contribution in [0.2, 0.25) is 0 Å². The number of hydrogen-bond donors (Lipinski definition) is 2. The van der Waals surface area contributed by atoms with Crippen molar-refractivity contribution in [2.24, 2.45) is 5.92 Å². The third-order valence-electron chi connectivity index (χ3n) is 3.34. The van der Waals surface area contributed by atoms with E-state index < -0.39 is 27.2 Å². The topological polar surface area (TPSA) is 83.5 Å². The number of carboxylic acid groups (broad SMARTS) is 1. The molecule has 1 saturated carbocycles. The molecular formula is C12H17NO4S2. The summed E-state index contributed by atoms with van der Waals surface area (Å²) in [4.78, 5) is 11.8. The van der Waals surface area contributed by atoms with Crippen molar-refractivity contribution in [2.45, 2.75) is 37.5 Å². The average molecular weight is 303 g/mol. The molecule has 1 aromatic rings. The molecule has 0 aliphatic heterocycles. The lowest BCUT2D eigenvalue weighted by molar-refractivity contribution is -0.144. The van der Waals surface area contributed by atoms with Crippen LogP contribution >= 0.6 is 11.3 Å². The minimum atomic E-state index is -3.40. The number of carboxylic acids is 1. The monoisotopic (exact) mass is 303 g/mol. The average Bonchev–Trinajstić information content (AvgIpc) is 2.64. The molecule has 0 saturated heterocycles. The van der Waals surface area contributed by atoms with Crippen LogP contribution in [0.4, 0.5) is 0 Å². The molecule has 1 aliphatic carbocycles. The van der Waals surface area contributed by atoms with E-state index in [-0.39, 0.29) is 18.9 Å². The molecule has 7 heteroatoms. The zero-order valence-corrected chi connectivity index (χ0v) is 12.2. The van der Waals surface area contributed by atoms with Crippen molar-refractivity contribution in [3.63, 3.8) is 0 Å². The first-order valence-electron chi connectivity index (χ1n) is 6.15. The number of aliphatic carboxylic acids is 1. The smallest absolute Gasteiger partial charge is 0.306 e. The summed E-state index contributed by atoms with van der Waals surface area (Å²) in [5.41, 5.74) is 0. The van der Waals surface area contributed by atoms with Gasteiger partial charge in [-0.05, 0) is 37.6 Å². The van der Waals surface area contributed by atoms with Gasteiger partial charge in [0.2, 0.25) is 10.0 Å². The van der Waals surface area contributed by atoms with Crippen molar-refractivity contribution in [3.05, 3.63) is 22.4 Å². The highest BCUT2D eigenvalue weighted by molar-refractivity contribution is 7.90. The summed E-state index contributed by atoms with van der Waals surface area (Å²) in [7, 11) is -3.40. The van der Waals surface area contributed by atoms with Crippen molar-refractivity contribution in [1.82, 2.24) is 4.72 Å². The number of carbonyl (C=O) groups is 1. The molecule has 0 aromatic carbocycles. The van der Waals surface area contributed by atoms with Crippen LogP contribution in [-0.2, 0) is 21.2 Å². The number of nitrogens with one attached hydrogen (secondary N) is 1. The van der Waals surface area contributed by atoms with E-state index in [2.05, 4.69) is 4.72 Å². The fraction of sp³-hybridized carbons (Fsp3) is 0.583. The van der Waals surface area contributed by atoms with Gasteiger partial charge in [0.1, 0.15) is 0 Å². The Morgan fingerprint density at radius 2 is 2.26 bits per heavy atom. The number of sulfonamides is 1. The van der Waals surface area contributed by atoms with Gasteiger partial charge in [0.25, 0.3) is 0 Å². The van der Waals surface area contributed by atoms with Crippen LogP contribution < -0.4 is 4.72 Å². The standard InChI is InChI=1S/C12H17NO4S2/c1-8(5-10-3-2-4-18-10)13-19(16,17)11-6-9(7-11)12(14)15/h2-4,8-9,11,13H,5-7H2,1H3,(H,14,15). The SMILES string of the molecule is CC(Cc1cccs1)NS(=O)(=O)C1CC(C(=O)O)C1. The van der Waals surface area contributed by atoms with Gasteiger partial charge in [-0.25, -0.2) is 13.1 Å². The second kappa shape index (κ2) is 5.60. The summed E-state index contributed by atoms with van der Waals surface area (Å²) in [5, 5.41) is 10.2. The normalized spacial score (nSPS) is 24.7. The molecule has 2 rings (SSSR count). The second-order valence-corrected chi connectivity index (χ2v) is 8.00. The molecule has 1 unspecified atom stereocenters. The maximum absolute atomic E-state index is 12.0. The lowest BCUT2D eigenvalue weighted by Gasteiger charge is -2.32. The fourth-order valence-electron chi connectivity index (χ4n) is 2.17. The van der Waals surface area contributed by atoms with Crippen LogP contribution in [-0.4, -0.2) is 30.8 Å². The van der Waals surface area contributed by atoms with E-state index in [4.69, 9.17) is 5.11 Å². The molecule has 0 bridgehead atoms. The summed E-state index contributed by atoms with van der Waals surface area (Å²) < 4.78 is 26.7. The molecule has 0 radical (unpaired) electrons. The molecule has 2 N–H and O–H groups in total. The van der Waals surface area contributed by atoms with Gasteiger partial charge in [0.15, 0.2) is 0 Å². The van der Waals surface area contributed by atoms with Crippen LogP contribution in [0.1, 0.15) is 24.6 Å². The lowest BCUT2D eigenvalue weighted by Crippen LogP contribution is -2.47. The minimum Gasteiger partial charge on any atom is -0.481 e. The highest BCUT2D eigenvalue weighted by Crippen LogP contribution is 2.32. The van der Waals surface area contributed by atoms with Crippen LogP contribution in [0.3, 0.4) is 0 Å². The van der Waals surface area contributed by atoms with E-state index in [1.807, 2.05) is 24.4 Å².